The third-order valence-electron chi connectivity index (χ3n) is 4.50. The first-order chi connectivity index (χ1) is 11.3. The van der Waals surface area contributed by atoms with Gasteiger partial charge in [0.2, 0.25) is 0 Å². The summed E-state index contributed by atoms with van der Waals surface area (Å²) in [4.78, 5) is 10.8. The molecule has 0 bridgehead atoms. The molecule has 1 saturated heterocycles. The maximum absolute atomic E-state index is 4.70. The Kier molecular flexibility index (Phi) is 4.12. The molecule has 0 N–H and O–H groups in total. The summed E-state index contributed by atoms with van der Waals surface area (Å²) in [6.07, 6.45) is 2.04. The van der Waals surface area contributed by atoms with Crippen LogP contribution in [0.15, 0.2) is 48.7 Å². The number of rotatable bonds is 3. The molecule has 3 heterocycles. The Bertz CT molecular complexity index is 753. The molecule has 4 heteroatoms. The van der Waals surface area contributed by atoms with Crippen LogP contribution in [0, 0.1) is 0 Å². The van der Waals surface area contributed by atoms with Crippen LogP contribution in [-0.2, 0) is 6.54 Å². The van der Waals surface area contributed by atoms with Gasteiger partial charge < -0.3 is 4.90 Å². The van der Waals surface area contributed by atoms with Crippen LogP contribution in [-0.4, -0.2) is 48.0 Å². The Hall–Kier alpha value is -1.75. The molecule has 23 heavy (non-hydrogen) atoms. The van der Waals surface area contributed by atoms with Gasteiger partial charge in [-0.3, -0.25) is 9.88 Å². The summed E-state index contributed by atoms with van der Waals surface area (Å²) in [6, 6.07) is 15.1. The van der Waals surface area contributed by atoms with Gasteiger partial charge >= 0.3 is 0 Å². The standard InChI is InChI=1S/C19H21N3S/c1-21-8-10-22(11-9-21)14-15-6-7-17(20-13-15)19-12-16-4-2-3-5-18(16)23-19/h2-7,12-13H,8-11,14H2,1H3. The SMILES string of the molecule is CN1CCN(Cc2ccc(-c3cc4ccccc4s3)nc2)CC1. The number of piperazine rings is 1. The fourth-order valence-electron chi connectivity index (χ4n) is 3.04. The third-order valence-corrected chi connectivity index (χ3v) is 5.64. The highest BCUT2D eigenvalue weighted by Crippen LogP contribution is 2.32. The molecule has 0 aliphatic carbocycles. The van der Waals surface area contributed by atoms with Gasteiger partial charge in [0, 0.05) is 43.6 Å². The molecule has 0 saturated carbocycles. The highest BCUT2D eigenvalue weighted by Gasteiger charge is 2.14. The minimum Gasteiger partial charge on any atom is -0.304 e. The van der Waals surface area contributed by atoms with Crippen molar-refractivity contribution in [2.24, 2.45) is 0 Å². The number of nitrogens with zero attached hydrogens (tertiary/aromatic N) is 3. The van der Waals surface area contributed by atoms with Gasteiger partial charge in [0.05, 0.1) is 10.6 Å². The van der Waals surface area contributed by atoms with Gasteiger partial charge in [-0.15, -0.1) is 11.3 Å². The second-order valence-electron chi connectivity index (χ2n) is 6.28. The maximum atomic E-state index is 4.70. The second kappa shape index (κ2) is 6.40. The molecule has 1 aromatic carbocycles. The quantitative estimate of drug-likeness (QED) is 0.732. The van der Waals surface area contributed by atoms with E-state index in [4.69, 9.17) is 4.98 Å². The number of fused-ring (bicyclic) bond motifs is 1. The molecular formula is C19H21N3S. The van der Waals surface area contributed by atoms with Crippen molar-refractivity contribution in [3.05, 3.63) is 54.2 Å². The van der Waals surface area contributed by atoms with Crippen molar-refractivity contribution in [2.75, 3.05) is 33.2 Å². The summed E-state index contributed by atoms with van der Waals surface area (Å²) < 4.78 is 1.32. The highest BCUT2D eigenvalue weighted by atomic mass is 32.1. The van der Waals surface area contributed by atoms with Crippen molar-refractivity contribution < 1.29 is 0 Å². The molecule has 1 aliphatic heterocycles. The van der Waals surface area contributed by atoms with Crippen molar-refractivity contribution in [3.8, 4) is 10.6 Å². The van der Waals surface area contributed by atoms with Crippen molar-refractivity contribution in [1.82, 2.24) is 14.8 Å². The molecule has 4 rings (SSSR count). The van der Waals surface area contributed by atoms with E-state index in [1.165, 1.54) is 20.5 Å². The number of aromatic nitrogens is 1. The summed E-state index contributed by atoms with van der Waals surface area (Å²) in [7, 11) is 2.19. The first-order valence-electron chi connectivity index (χ1n) is 8.13. The number of pyridine rings is 1. The summed E-state index contributed by atoms with van der Waals surface area (Å²) in [5, 5.41) is 1.30. The van der Waals surface area contributed by atoms with E-state index >= 15 is 0 Å². The van der Waals surface area contributed by atoms with Crippen LogP contribution in [0.25, 0.3) is 20.7 Å². The van der Waals surface area contributed by atoms with E-state index < -0.39 is 0 Å². The molecule has 3 aromatic rings. The van der Waals surface area contributed by atoms with Crippen LogP contribution in [0.2, 0.25) is 0 Å². The summed E-state index contributed by atoms with van der Waals surface area (Å²) in [5.74, 6) is 0. The van der Waals surface area contributed by atoms with Crippen LogP contribution in [0.1, 0.15) is 5.56 Å². The van der Waals surface area contributed by atoms with Gasteiger partial charge in [0.15, 0.2) is 0 Å². The number of thiophene rings is 1. The average molecular weight is 323 g/mol. The Balaban J connectivity index is 1.49. The lowest BCUT2D eigenvalue weighted by atomic mass is 10.2. The van der Waals surface area contributed by atoms with Crippen molar-refractivity contribution in [3.63, 3.8) is 0 Å². The average Bonchev–Trinajstić information content (AvgIpc) is 3.02. The molecule has 0 amide bonds. The maximum Gasteiger partial charge on any atom is 0.0802 e. The lowest BCUT2D eigenvalue weighted by molar-refractivity contribution is 0.148. The minimum atomic E-state index is 1.01. The molecule has 0 radical (unpaired) electrons. The van der Waals surface area contributed by atoms with Crippen molar-refractivity contribution >= 4 is 21.4 Å². The smallest absolute Gasteiger partial charge is 0.0802 e. The Labute approximate surface area is 141 Å². The Morgan fingerprint density at radius 3 is 2.61 bits per heavy atom. The predicted octanol–water partition coefficient (Wildman–Crippen LogP) is 3.71. The number of hydrogen-bond acceptors (Lipinski definition) is 4. The van der Waals surface area contributed by atoms with Gasteiger partial charge in [0.25, 0.3) is 0 Å². The van der Waals surface area contributed by atoms with Gasteiger partial charge in [-0.2, -0.15) is 0 Å². The number of likely N-dealkylation sites (N-methyl/N-ethyl adjacent to an activating group) is 1. The van der Waals surface area contributed by atoms with E-state index in [0.717, 1.165) is 38.4 Å². The summed E-state index contributed by atoms with van der Waals surface area (Å²) in [5.41, 5.74) is 2.38. The lowest BCUT2D eigenvalue weighted by Gasteiger charge is -2.32. The van der Waals surface area contributed by atoms with E-state index in [-0.39, 0.29) is 0 Å². The Morgan fingerprint density at radius 1 is 1.04 bits per heavy atom. The van der Waals surface area contributed by atoms with E-state index in [2.05, 4.69) is 59.3 Å². The minimum absolute atomic E-state index is 1.01. The van der Waals surface area contributed by atoms with Crippen molar-refractivity contribution in [2.45, 2.75) is 6.54 Å². The van der Waals surface area contributed by atoms with Crippen LogP contribution < -0.4 is 0 Å². The molecule has 3 nitrogen and oxygen atoms in total. The first-order valence-corrected chi connectivity index (χ1v) is 8.94. The molecule has 0 unspecified atom stereocenters. The largest absolute Gasteiger partial charge is 0.304 e. The molecule has 1 fully saturated rings. The van der Waals surface area contributed by atoms with Gasteiger partial charge in [-0.1, -0.05) is 24.3 Å². The van der Waals surface area contributed by atoms with Gasteiger partial charge in [-0.05, 0) is 36.2 Å². The molecule has 1 aliphatic rings. The topological polar surface area (TPSA) is 19.4 Å². The zero-order valence-corrected chi connectivity index (χ0v) is 14.2. The molecule has 0 spiro atoms. The van der Waals surface area contributed by atoms with E-state index in [0.29, 0.717) is 0 Å². The zero-order chi connectivity index (χ0) is 15.6. The van der Waals surface area contributed by atoms with E-state index in [1.54, 1.807) is 0 Å². The summed E-state index contributed by atoms with van der Waals surface area (Å²) in [6.45, 7) is 5.62. The highest BCUT2D eigenvalue weighted by molar-refractivity contribution is 7.22. The van der Waals surface area contributed by atoms with E-state index in [9.17, 15) is 0 Å². The molecule has 0 atom stereocenters. The number of benzene rings is 1. The second-order valence-corrected chi connectivity index (χ2v) is 7.36. The lowest BCUT2D eigenvalue weighted by Crippen LogP contribution is -2.43. The van der Waals surface area contributed by atoms with Gasteiger partial charge in [0.1, 0.15) is 0 Å². The van der Waals surface area contributed by atoms with Gasteiger partial charge in [-0.25, -0.2) is 0 Å². The monoisotopic (exact) mass is 323 g/mol. The van der Waals surface area contributed by atoms with Crippen LogP contribution in [0.3, 0.4) is 0 Å². The normalized spacial score (nSPS) is 16.9. The number of hydrogen-bond donors (Lipinski definition) is 0. The summed E-state index contributed by atoms with van der Waals surface area (Å²) >= 11 is 1.81. The molecule has 118 valence electrons. The van der Waals surface area contributed by atoms with Crippen LogP contribution >= 0.6 is 11.3 Å². The third kappa shape index (κ3) is 3.29. The fraction of sp³-hybridized carbons (Fsp3) is 0.316. The molecule has 2 aromatic heterocycles. The van der Waals surface area contributed by atoms with Crippen LogP contribution in [0.5, 0.6) is 0 Å². The van der Waals surface area contributed by atoms with E-state index in [1.807, 2.05) is 17.5 Å². The first kappa shape index (κ1) is 14.8. The predicted molar refractivity (Wildman–Crippen MR) is 97.8 cm³/mol. The van der Waals surface area contributed by atoms with Crippen molar-refractivity contribution in [1.29, 1.82) is 0 Å². The fourth-order valence-corrected chi connectivity index (χ4v) is 4.08. The molecular weight excluding hydrogens is 302 g/mol. The zero-order valence-electron chi connectivity index (χ0n) is 13.4. The van der Waals surface area contributed by atoms with Crippen LogP contribution in [0.4, 0.5) is 0 Å². The Morgan fingerprint density at radius 2 is 1.87 bits per heavy atom.